The Bertz CT molecular complexity index is 1000. The third-order valence-corrected chi connectivity index (χ3v) is 4.84. The van der Waals surface area contributed by atoms with Gasteiger partial charge in [0.05, 0.1) is 18.9 Å². The van der Waals surface area contributed by atoms with Gasteiger partial charge < -0.3 is 24.8 Å². The molecule has 156 valence electrons. The Labute approximate surface area is 173 Å². The molecular formula is C22H22N2O6. The van der Waals surface area contributed by atoms with Gasteiger partial charge in [0.1, 0.15) is 5.75 Å². The van der Waals surface area contributed by atoms with Crippen LogP contribution in [0, 0.1) is 0 Å². The number of amides is 2. The highest BCUT2D eigenvalue weighted by Crippen LogP contribution is 2.33. The summed E-state index contributed by atoms with van der Waals surface area (Å²) in [5.41, 5.74) is 1.49. The van der Waals surface area contributed by atoms with Crippen LogP contribution in [0.4, 0.5) is 11.4 Å². The van der Waals surface area contributed by atoms with Gasteiger partial charge in [-0.2, -0.15) is 0 Å². The van der Waals surface area contributed by atoms with Crippen LogP contribution in [0.5, 0.6) is 17.2 Å². The molecule has 0 saturated heterocycles. The van der Waals surface area contributed by atoms with Crippen LogP contribution >= 0.6 is 0 Å². The second-order valence-electron chi connectivity index (χ2n) is 7.14. The summed E-state index contributed by atoms with van der Waals surface area (Å²) in [6.45, 7) is 2.78. The van der Waals surface area contributed by atoms with E-state index >= 15 is 0 Å². The highest BCUT2D eigenvalue weighted by atomic mass is 16.5. The lowest BCUT2D eigenvalue weighted by Crippen LogP contribution is -2.34. The monoisotopic (exact) mass is 410 g/mol. The van der Waals surface area contributed by atoms with Crippen LogP contribution in [0.2, 0.25) is 0 Å². The predicted molar refractivity (Wildman–Crippen MR) is 109 cm³/mol. The quantitative estimate of drug-likeness (QED) is 0.734. The normalized spacial score (nSPS) is 17.1. The van der Waals surface area contributed by atoms with Gasteiger partial charge in [0.2, 0.25) is 5.91 Å². The molecule has 2 heterocycles. The van der Waals surface area contributed by atoms with Crippen molar-refractivity contribution in [1.29, 1.82) is 0 Å². The molecule has 2 N–H and O–H groups in total. The van der Waals surface area contributed by atoms with Gasteiger partial charge in [0, 0.05) is 30.5 Å². The van der Waals surface area contributed by atoms with Gasteiger partial charge in [-0.15, -0.1) is 0 Å². The molecule has 1 atom stereocenters. The first-order valence-electron chi connectivity index (χ1n) is 9.84. The Hall–Kier alpha value is -3.55. The zero-order valence-electron chi connectivity index (χ0n) is 16.5. The van der Waals surface area contributed by atoms with E-state index in [2.05, 4.69) is 10.6 Å². The number of fused-ring (bicyclic) bond motifs is 2. The molecule has 0 saturated carbocycles. The van der Waals surface area contributed by atoms with Gasteiger partial charge in [-0.05, 0) is 43.3 Å². The number of carbonyl (C=O) groups is 3. The zero-order valence-corrected chi connectivity index (χ0v) is 16.5. The largest absolute Gasteiger partial charge is 0.490 e. The topological polar surface area (TPSA) is 103 Å². The summed E-state index contributed by atoms with van der Waals surface area (Å²) in [6.07, 6.45) is 0.321. The number of Topliss-reactive ketones (excluding diaryl/α,β-unsaturated/α-hetero) is 1. The summed E-state index contributed by atoms with van der Waals surface area (Å²) in [4.78, 5) is 36.5. The Balaban J connectivity index is 1.34. The van der Waals surface area contributed by atoms with Crippen LogP contribution in [0.25, 0.3) is 0 Å². The van der Waals surface area contributed by atoms with Crippen LogP contribution in [0.3, 0.4) is 0 Å². The molecule has 8 heteroatoms. The molecule has 4 rings (SSSR count). The van der Waals surface area contributed by atoms with Crippen LogP contribution in [-0.2, 0) is 9.59 Å². The van der Waals surface area contributed by atoms with Gasteiger partial charge in [0.15, 0.2) is 23.4 Å². The van der Waals surface area contributed by atoms with E-state index in [4.69, 9.17) is 14.2 Å². The van der Waals surface area contributed by atoms with Crippen LogP contribution in [0.1, 0.15) is 36.5 Å². The van der Waals surface area contributed by atoms with Crippen LogP contribution in [0.15, 0.2) is 36.4 Å². The lowest BCUT2D eigenvalue weighted by molar-refractivity contribution is -0.122. The fourth-order valence-corrected chi connectivity index (χ4v) is 3.22. The molecule has 0 aromatic heterocycles. The lowest BCUT2D eigenvalue weighted by atomic mass is 10.1. The molecule has 8 nitrogen and oxygen atoms in total. The van der Waals surface area contributed by atoms with Crippen molar-refractivity contribution in [3.8, 4) is 17.2 Å². The predicted octanol–water partition coefficient (Wildman–Crippen LogP) is 3.17. The molecule has 0 aliphatic carbocycles. The molecule has 1 unspecified atom stereocenters. The molecule has 30 heavy (non-hydrogen) atoms. The number of nitrogens with one attached hydrogen (secondary N) is 2. The SMILES string of the molecule is CC1Oc2ccc(NC(=O)CCC(=O)c3ccc4c(c3)OCCCO4)cc2NC1=O. The second-order valence-corrected chi connectivity index (χ2v) is 7.14. The van der Waals surface area contributed by atoms with Crippen molar-refractivity contribution in [3.63, 3.8) is 0 Å². The van der Waals surface area contributed by atoms with Crippen molar-refractivity contribution in [2.45, 2.75) is 32.3 Å². The summed E-state index contributed by atoms with van der Waals surface area (Å²) in [5.74, 6) is 1.03. The van der Waals surface area contributed by atoms with Gasteiger partial charge >= 0.3 is 0 Å². The maximum absolute atomic E-state index is 12.5. The van der Waals surface area contributed by atoms with Crippen molar-refractivity contribution in [2.75, 3.05) is 23.8 Å². The molecule has 2 aromatic carbocycles. The molecule has 2 aliphatic rings. The average molecular weight is 410 g/mol. The van der Waals surface area contributed by atoms with E-state index in [1.165, 1.54) is 0 Å². The van der Waals surface area contributed by atoms with E-state index in [9.17, 15) is 14.4 Å². The molecule has 2 amide bonds. The fraction of sp³-hybridized carbons (Fsp3) is 0.318. The van der Waals surface area contributed by atoms with E-state index in [1.54, 1.807) is 43.3 Å². The maximum atomic E-state index is 12.5. The minimum absolute atomic E-state index is 0.0320. The standard InChI is InChI=1S/C22H22N2O6/c1-13-22(27)24-16-12-15(4-7-18(16)30-13)23-21(26)8-5-17(25)14-3-6-19-20(11-14)29-10-2-9-28-19/h3-4,6-7,11-13H,2,5,8-10H2,1H3,(H,23,26)(H,24,27). The number of benzene rings is 2. The zero-order chi connectivity index (χ0) is 21.1. The number of hydrogen-bond acceptors (Lipinski definition) is 6. The molecule has 2 aliphatic heterocycles. The summed E-state index contributed by atoms with van der Waals surface area (Å²) >= 11 is 0. The smallest absolute Gasteiger partial charge is 0.265 e. The van der Waals surface area contributed by atoms with Gasteiger partial charge in [-0.25, -0.2) is 0 Å². The van der Waals surface area contributed by atoms with E-state index < -0.39 is 6.10 Å². The minimum Gasteiger partial charge on any atom is -0.490 e. The Morgan fingerprint density at radius 2 is 1.80 bits per heavy atom. The molecule has 2 aromatic rings. The van der Waals surface area contributed by atoms with Crippen molar-refractivity contribution in [1.82, 2.24) is 0 Å². The highest BCUT2D eigenvalue weighted by Gasteiger charge is 2.23. The Kier molecular flexibility index (Phi) is 5.56. The number of anilines is 2. The second kappa shape index (κ2) is 8.44. The van der Waals surface area contributed by atoms with Gasteiger partial charge in [0.25, 0.3) is 5.91 Å². The maximum Gasteiger partial charge on any atom is 0.265 e. The van der Waals surface area contributed by atoms with Crippen molar-refractivity contribution in [2.24, 2.45) is 0 Å². The number of rotatable bonds is 5. The molecule has 0 fully saturated rings. The molecule has 0 bridgehead atoms. The van der Waals surface area contributed by atoms with E-state index in [1.807, 2.05) is 0 Å². The third-order valence-electron chi connectivity index (χ3n) is 4.84. The first-order valence-corrected chi connectivity index (χ1v) is 9.84. The van der Waals surface area contributed by atoms with E-state index in [0.717, 1.165) is 6.42 Å². The lowest BCUT2D eigenvalue weighted by Gasteiger charge is -2.23. The average Bonchev–Trinajstić information content (AvgIpc) is 2.98. The highest BCUT2D eigenvalue weighted by molar-refractivity contribution is 6.01. The van der Waals surface area contributed by atoms with Crippen molar-refractivity contribution < 1.29 is 28.6 Å². The van der Waals surface area contributed by atoms with Crippen LogP contribution in [-0.4, -0.2) is 36.9 Å². The number of hydrogen-bond donors (Lipinski definition) is 2. The first-order chi connectivity index (χ1) is 14.5. The fourth-order valence-electron chi connectivity index (χ4n) is 3.22. The summed E-state index contributed by atoms with van der Waals surface area (Å²) < 4.78 is 16.7. The molecular weight excluding hydrogens is 388 g/mol. The number of ketones is 1. The Morgan fingerprint density at radius 3 is 2.63 bits per heavy atom. The van der Waals surface area contributed by atoms with Gasteiger partial charge in [-0.1, -0.05) is 0 Å². The Morgan fingerprint density at radius 1 is 1.03 bits per heavy atom. The first kappa shape index (κ1) is 19.8. The summed E-state index contributed by atoms with van der Waals surface area (Å²) in [5, 5.41) is 5.47. The van der Waals surface area contributed by atoms with Gasteiger partial charge in [-0.3, -0.25) is 14.4 Å². The number of ether oxygens (including phenoxy) is 3. The minimum atomic E-state index is -0.561. The summed E-state index contributed by atoms with van der Waals surface area (Å²) in [7, 11) is 0. The summed E-state index contributed by atoms with van der Waals surface area (Å²) in [6, 6.07) is 10.1. The van der Waals surface area contributed by atoms with Crippen molar-refractivity contribution in [3.05, 3.63) is 42.0 Å². The third kappa shape index (κ3) is 4.37. The molecule has 0 radical (unpaired) electrons. The molecule has 0 spiro atoms. The van der Waals surface area contributed by atoms with E-state index in [-0.39, 0.29) is 30.4 Å². The number of carbonyl (C=O) groups excluding carboxylic acids is 3. The van der Waals surface area contributed by atoms with E-state index in [0.29, 0.717) is 47.4 Å². The van der Waals surface area contributed by atoms with Crippen LogP contribution < -0.4 is 24.8 Å². The van der Waals surface area contributed by atoms with Crippen molar-refractivity contribution >= 4 is 29.0 Å².